The number of benzene rings is 2. The molecule has 0 heterocycles. The fourth-order valence-corrected chi connectivity index (χ4v) is 1.33. The first kappa shape index (κ1) is 11.2. The van der Waals surface area contributed by atoms with E-state index in [1.54, 1.807) is 24.3 Å². The Morgan fingerprint density at radius 1 is 0.882 bits per heavy atom. The van der Waals surface area contributed by atoms with Crippen molar-refractivity contribution in [1.82, 2.24) is 0 Å². The third-order valence-electron chi connectivity index (χ3n) is 2.14. The minimum atomic E-state index is -0.694. The second-order valence-electron chi connectivity index (χ2n) is 3.44. The summed E-state index contributed by atoms with van der Waals surface area (Å²) in [6.45, 7) is 0.215. The Labute approximate surface area is 99.6 Å². The van der Waals surface area contributed by atoms with Gasteiger partial charge in [-0.05, 0) is 17.7 Å². The van der Waals surface area contributed by atoms with Crippen LogP contribution in [0.25, 0.3) is 0 Å². The lowest BCUT2D eigenvalue weighted by Crippen LogP contribution is -2.10. The van der Waals surface area contributed by atoms with Gasteiger partial charge in [0.2, 0.25) is 0 Å². The van der Waals surface area contributed by atoms with E-state index in [0.717, 1.165) is 5.56 Å². The first-order chi connectivity index (χ1) is 8.34. The number of ether oxygens (including phenoxy) is 2. The van der Waals surface area contributed by atoms with Gasteiger partial charge in [-0.3, -0.25) is 0 Å². The molecular formula is C14H12O3. The molecule has 3 nitrogen and oxygen atoms in total. The number of rotatable bonds is 3. The number of carbonyl (C=O) groups excluding carboxylic acids is 1. The number of hydrogen-bond donors (Lipinski definition) is 0. The molecule has 0 radical (unpaired) electrons. The lowest BCUT2D eigenvalue weighted by atomic mass is 10.2. The lowest BCUT2D eigenvalue weighted by Gasteiger charge is -2.05. The van der Waals surface area contributed by atoms with Gasteiger partial charge in [0.1, 0.15) is 12.4 Å². The third kappa shape index (κ3) is 3.65. The number of para-hydroxylation sites is 1. The second kappa shape index (κ2) is 5.70. The van der Waals surface area contributed by atoms with Crippen molar-refractivity contribution < 1.29 is 14.3 Å². The summed E-state index contributed by atoms with van der Waals surface area (Å²) < 4.78 is 9.95. The van der Waals surface area contributed by atoms with Crippen LogP contribution in [0, 0.1) is 0 Å². The number of hydrogen-bond acceptors (Lipinski definition) is 3. The predicted molar refractivity (Wildman–Crippen MR) is 63.7 cm³/mol. The van der Waals surface area contributed by atoms with Crippen molar-refractivity contribution in [3.8, 4) is 5.75 Å². The van der Waals surface area contributed by atoms with Crippen LogP contribution in [0.5, 0.6) is 5.75 Å². The maximum atomic E-state index is 11.3. The molecule has 2 aromatic rings. The third-order valence-corrected chi connectivity index (χ3v) is 2.14. The Bertz CT molecular complexity index is 465. The monoisotopic (exact) mass is 228 g/mol. The van der Waals surface area contributed by atoms with Gasteiger partial charge >= 0.3 is 6.16 Å². The smallest absolute Gasteiger partial charge is 0.429 e. The minimum Gasteiger partial charge on any atom is -0.429 e. The van der Waals surface area contributed by atoms with E-state index in [-0.39, 0.29) is 6.61 Å². The first-order valence-corrected chi connectivity index (χ1v) is 5.28. The van der Waals surface area contributed by atoms with Crippen LogP contribution >= 0.6 is 0 Å². The molecule has 0 saturated carbocycles. The van der Waals surface area contributed by atoms with Crippen molar-refractivity contribution in [1.29, 1.82) is 0 Å². The van der Waals surface area contributed by atoms with Crippen molar-refractivity contribution in [3.63, 3.8) is 0 Å². The van der Waals surface area contributed by atoms with Crippen LogP contribution in [0.15, 0.2) is 60.7 Å². The molecule has 0 spiro atoms. The molecule has 0 amide bonds. The van der Waals surface area contributed by atoms with Gasteiger partial charge in [0.05, 0.1) is 0 Å². The van der Waals surface area contributed by atoms with E-state index in [4.69, 9.17) is 9.47 Å². The molecule has 0 aliphatic rings. The topological polar surface area (TPSA) is 35.5 Å². The fraction of sp³-hybridized carbons (Fsp3) is 0.0714. The van der Waals surface area contributed by atoms with Gasteiger partial charge in [-0.2, -0.15) is 0 Å². The van der Waals surface area contributed by atoms with Crippen LogP contribution in [-0.4, -0.2) is 6.16 Å². The van der Waals surface area contributed by atoms with Gasteiger partial charge in [-0.15, -0.1) is 0 Å². The van der Waals surface area contributed by atoms with Gasteiger partial charge in [0.25, 0.3) is 0 Å². The first-order valence-electron chi connectivity index (χ1n) is 5.28. The number of carbonyl (C=O) groups is 1. The summed E-state index contributed by atoms with van der Waals surface area (Å²) in [7, 11) is 0. The highest BCUT2D eigenvalue weighted by molar-refractivity contribution is 5.63. The summed E-state index contributed by atoms with van der Waals surface area (Å²) in [6.07, 6.45) is -0.694. The molecule has 0 fully saturated rings. The van der Waals surface area contributed by atoms with Gasteiger partial charge in [0, 0.05) is 0 Å². The highest BCUT2D eigenvalue weighted by Crippen LogP contribution is 2.10. The zero-order valence-electron chi connectivity index (χ0n) is 9.21. The Kier molecular flexibility index (Phi) is 3.76. The average Bonchev–Trinajstić information content (AvgIpc) is 2.39. The van der Waals surface area contributed by atoms with Crippen LogP contribution in [0.4, 0.5) is 4.79 Å². The fourth-order valence-electron chi connectivity index (χ4n) is 1.33. The molecule has 0 N–H and O–H groups in total. The van der Waals surface area contributed by atoms with Crippen LogP contribution in [0.3, 0.4) is 0 Å². The maximum Gasteiger partial charge on any atom is 0.514 e. The molecule has 2 rings (SSSR count). The van der Waals surface area contributed by atoms with Gasteiger partial charge in [0.15, 0.2) is 0 Å². The van der Waals surface area contributed by atoms with E-state index in [1.165, 1.54) is 0 Å². The van der Waals surface area contributed by atoms with Crippen molar-refractivity contribution in [3.05, 3.63) is 66.2 Å². The quantitative estimate of drug-likeness (QED) is 0.596. The Morgan fingerprint density at radius 2 is 1.47 bits per heavy atom. The van der Waals surface area contributed by atoms with E-state index in [2.05, 4.69) is 0 Å². The summed E-state index contributed by atoms with van der Waals surface area (Å²) in [5.74, 6) is 0.477. The molecule has 0 aromatic heterocycles. The molecule has 0 aliphatic heterocycles. The second-order valence-corrected chi connectivity index (χ2v) is 3.44. The van der Waals surface area contributed by atoms with Crippen molar-refractivity contribution >= 4 is 6.16 Å². The molecule has 0 bridgehead atoms. The molecule has 0 saturated heterocycles. The van der Waals surface area contributed by atoms with E-state index >= 15 is 0 Å². The summed E-state index contributed by atoms with van der Waals surface area (Å²) >= 11 is 0. The van der Waals surface area contributed by atoms with Crippen LogP contribution < -0.4 is 4.74 Å². The van der Waals surface area contributed by atoms with Crippen molar-refractivity contribution in [2.45, 2.75) is 6.61 Å². The lowest BCUT2D eigenvalue weighted by molar-refractivity contribution is 0.0928. The maximum absolute atomic E-state index is 11.3. The van der Waals surface area contributed by atoms with Crippen LogP contribution in [0.2, 0.25) is 0 Å². The SMILES string of the molecule is O=C(OCc1ccccc1)Oc1ccccc1. The van der Waals surface area contributed by atoms with Gasteiger partial charge < -0.3 is 9.47 Å². The largest absolute Gasteiger partial charge is 0.514 e. The minimum absolute atomic E-state index is 0.215. The highest BCUT2D eigenvalue weighted by atomic mass is 16.7. The molecule has 17 heavy (non-hydrogen) atoms. The van der Waals surface area contributed by atoms with E-state index in [9.17, 15) is 4.79 Å². The zero-order valence-corrected chi connectivity index (χ0v) is 9.21. The molecule has 0 atom stereocenters. The van der Waals surface area contributed by atoms with E-state index < -0.39 is 6.16 Å². The zero-order chi connectivity index (χ0) is 11.9. The summed E-state index contributed by atoms with van der Waals surface area (Å²) in [5.41, 5.74) is 0.928. The highest BCUT2D eigenvalue weighted by Gasteiger charge is 2.05. The van der Waals surface area contributed by atoms with Gasteiger partial charge in [-0.1, -0.05) is 48.5 Å². The normalized spacial score (nSPS) is 9.65. The Morgan fingerprint density at radius 3 is 2.12 bits per heavy atom. The molecule has 2 aromatic carbocycles. The molecular weight excluding hydrogens is 216 g/mol. The predicted octanol–water partition coefficient (Wildman–Crippen LogP) is 3.40. The van der Waals surface area contributed by atoms with Crippen LogP contribution in [-0.2, 0) is 11.3 Å². The molecule has 0 aliphatic carbocycles. The Balaban J connectivity index is 1.83. The molecule has 0 unspecified atom stereocenters. The van der Waals surface area contributed by atoms with Crippen molar-refractivity contribution in [2.24, 2.45) is 0 Å². The van der Waals surface area contributed by atoms with E-state index in [1.807, 2.05) is 36.4 Å². The van der Waals surface area contributed by atoms with Crippen LogP contribution in [0.1, 0.15) is 5.56 Å². The summed E-state index contributed by atoms with van der Waals surface area (Å²) in [4.78, 5) is 11.3. The standard InChI is InChI=1S/C14H12O3/c15-14(17-13-9-5-2-6-10-13)16-11-12-7-3-1-4-8-12/h1-10H,11H2. The Hall–Kier alpha value is -2.29. The van der Waals surface area contributed by atoms with E-state index in [0.29, 0.717) is 5.75 Å². The average molecular weight is 228 g/mol. The van der Waals surface area contributed by atoms with Gasteiger partial charge in [-0.25, -0.2) is 4.79 Å². The van der Waals surface area contributed by atoms with Crippen molar-refractivity contribution in [2.75, 3.05) is 0 Å². The molecule has 3 heteroatoms. The molecule has 86 valence electrons. The summed E-state index contributed by atoms with van der Waals surface area (Å²) in [5, 5.41) is 0. The summed E-state index contributed by atoms with van der Waals surface area (Å²) in [6, 6.07) is 18.3.